The van der Waals surface area contributed by atoms with Crippen molar-refractivity contribution in [2.24, 2.45) is 0 Å². The molecule has 0 fully saturated rings. The average molecular weight is 412 g/mol. The number of aliphatic hydroxyl groups excluding tert-OH is 1. The fraction of sp³-hybridized carbons (Fsp3) is 0.600. The maximum absolute atomic E-state index is 11.5. The zero-order valence-electron chi connectivity index (χ0n) is 17.5. The first-order valence-corrected chi connectivity index (χ1v) is 9.54. The molecule has 164 valence electrons. The van der Waals surface area contributed by atoms with Crippen molar-refractivity contribution in [1.82, 2.24) is 10.6 Å². The zero-order chi connectivity index (χ0) is 21.9. The highest BCUT2D eigenvalue weighted by atomic mass is 16.6. The van der Waals surface area contributed by atoms with E-state index < -0.39 is 23.9 Å². The lowest BCUT2D eigenvalue weighted by Crippen LogP contribution is -2.35. The Bertz CT molecular complexity index is 659. The van der Waals surface area contributed by atoms with Crippen LogP contribution < -0.4 is 15.4 Å². The number of hydrogen-bond acceptors (Lipinski definition) is 8. The van der Waals surface area contributed by atoms with Crippen LogP contribution in [0.2, 0.25) is 0 Å². The predicted molar refractivity (Wildman–Crippen MR) is 107 cm³/mol. The highest BCUT2D eigenvalue weighted by molar-refractivity contribution is 5.90. The fourth-order valence-electron chi connectivity index (χ4n) is 2.34. The van der Waals surface area contributed by atoms with Gasteiger partial charge in [0.25, 0.3) is 0 Å². The van der Waals surface area contributed by atoms with Gasteiger partial charge in [-0.1, -0.05) is 6.42 Å². The molecule has 0 aliphatic carbocycles. The summed E-state index contributed by atoms with van der Waals surface area (Å²) in [4.78, 5) is 23.0. The Morgan fingerprint density at radius 2 is 1.79 bits per heavy atom. The van der Waals surface area contributed by atoms with Gasteiger partial charge in [0.1, 0.15) is 29.9 Å². The van der Waals surface area contributed by atoms with E-state index in [-0.39, 0.29) is 23.7 Å². The first-order chi connectivity index (χ1) is 13.6. The molecule has 9 nitrogen and oxygen atoms in total. The van der Waals surface area contributed by atoms with Gasteiger partial charge >= 0.3 is 12.1 Å². The molecule has 0 aromatic heterocycles. The van der Waals surface area contributed by atoms with Gasteiger partial charge in [0.05, 0.1) is 12.7 Å². The highest BCUT2D eigenvalue weighted by Crippen LogP contribution is 2.22. The molecule has 0 radical (unpaired) electrons. The Hall–Kier alpha value is -2.52. The highest BCUT2D eigenvalue weighted by Gasteiger charge is 2.15. The lowest BCUT2D eigenvalue weighted by molar-refractivity contribution is 0.0525. The minimum absolute atomic E-state index is 0.0513. The molecule has 4 N–H and O–H groups in total. The van der Waals surface area contributed by atoms with E-state index in [0.717, 1.165) is 19.3 Å². The zero-order valence-corrected chi connectivity index (χ0v) is 17.5. The number of phenols is 1. The number of amides is 1. The average Bonchev–Trinajstić information content (AvgIpc) is 2.63. The van der Waals surface area contributed by atoms with Crippen LogP contribution in [0.1, 0.15) is 50.4 Å². The van der Waals surface area contributed by atoms with Crippen LogP contribution in [0, 0.1) is 0 Å². The number of aromatic hydroxyl groups is 1. The summed E-state index contributed by atoms with van der Waals surface area (Å²) in [6.45, 7) is 6.48. The van der Waals surface area contributed by atoms with Crippen LogP contribution in [-0.4, -0.2) is 60.9 Å². The van der Waals surface area contributed by atoms with Gasteiger partial charge in [-0.25, -0.2) is 9.59 Å². The molecule has 1 amide bonds. The monoisotopic (exact) mass is 412 g/mol. The van der Waals surface area contributed by atoms with Crippen molar-refractivity contribution < 1.29 is 34.0 Å². The van der Waals surface area contributed by atoms with Gasteiger partial charge in [-0.15, -0.1) is 0 Å². The van der Waals surface area contributed by atoms with Crippen LogP contribution in [0.4, 0.5) is 4.79 Å². The van der Waals surface area contributed by atoms with E-state index in [0.29, 0.717) is 13.1 Å². The van der Waals surface area contributed by atoms with Crippen molar-refractivity contribution in [1.29, 1.82) is 0 Å². The maximum Gasteiger partial charge on any atom is 0.407 e. The smallest absolute Gasteiger partial charge is 0.407 e. The van der Waals surface area contributed by atoms with E-state index in [1.54, 1.807) is 0 Å². The van der Waals surface area contributed by atoms with Gasteiger partial charge in [-0.3, -0.25) is 5.32 Å². The SMILES string of the molecule is COC(=O)c1cc(O)cc(OCC(O)NCCCCCNC(=O)OC(C)(C)C)c1. The predicted octanol–water partition coefficient (Wildman–Crippen LogP) is 2.16. The van der Waals surface area contributed by atoms with Gasteiger partial charge in [0.15, 0.2) is 0 Å². The van der Waals surface area contributed by atoms with Crippen molar-refractivity contribution in [3.8, 4) is 11.5 Å². The van der Waals surface area contributed by atoms with Crippen LogP contribution in [0.15, 0.2) is 18.2 Å². The van der Waals surface area contributed by atoms with E-state index in [1.165, 1.54) is 25.3 Å². The second-order valence-electron chi connectivity index (χ2n) is 7.48. The largest absolute Gasteiger partial charge is 0.508 e. The van der Waals surface area contributed by atoms with Gasteiger partial charge in [0, 0.05) is 12.6 Å². The minimum Gasteiger partial charge on any atom is -0.508 e. The van der Waals surface area contributed by atoms with Gasteiger partial charge < -0.3 is 29.7 Å². The van der Waals surface area contributed by atoms with Crippen LogP contribution in [-0.2, 0) is 9.47 Å². The van der Waals surface area contributed by atoms with Crippen molar-refractivity contribution in [2.75, 3.05) is 26.8 Å². The Labute approximate surface area is 171 Å². The first-order valence-electron chi connectivity index (χ1n) is 9.54. The molecule has 1 aromatic carbocycles. The summed E-state index contributed by atoms with van der Waals surface area (Å²) in [7, 11) is 1.24. The van der Waals surface area contributed by atoms with Gasteiger partial charge in [0.2, 0.25) is 0 Å². The summed E-state index contributed by atoms with van der Waals surface area (Å²) in [5.74, 6) is -0.476. The Kier molecular flexibility index (Phi) is 10.3. The number of methoxy groups -OCH3 is 1. The van der Waals surface area contributed by atoms with E-state index in [1.807, 2.05) is 20.8 Å². The Balaban J connectivity index is 2.17. The van der Waals surface area contributed by atoms with E-state index in [2.05, 4.69) is 15.4 Å². The van der Waals surface area contributed by atoms with Crippen LogP contribution in [0.3, 0.4) is 0 Å². The Morgan fingerprint density at radius 3 is 2.45 bits per heavy atom. The number of esters is 1. The molecule has 0 aliphatic rings. The number of rotatable bonds is 11. The molecule has 9 heteroatoms. The summed E-state index contributed by atoms with van der Waals surface area (Å²) in [5, 5.41) is 25.2. The molecule has 0 aliphatic heterocycles. The number of benzene rings is 1. The number of alkyl carbamates (subject to hydrolysis) is 1. The molecule has 0 heterocycles. The molecular weight excluding hydrogens is 380 g/mol. The van der Waals surface area contributed by atoms with Crippen LogP contribution >= 0.6 is 0 Å². The molecule has 1 aromatic rings. The van der Waals surface area contributed by atoms with E-state index in [4.69, 9.17) is 9.47 Å². The van der Waals surface area contributed by atoms with Crippen LogP contribution in [0.5, 0.6) is 11.5 Å². The molecular formula is C20H32N2O7. The number of carbonyl (C=O) groups excluding carboxylic acids is 2. The second-order valence-corrected chi connectivity index (χ2v) is 7.48. The third kappa shape index (κ3) is 11.2. The lowest BCUT2D eigenvalue weighted by Gasteiger charge is -2.19. The second kappa shape index (κ2) is 12.1. The fourth-order valence-corrected chi connectivity index (χ4v) is 2.34. The molecule has 0 saturated heterocycles. The number of unbranched alkanes of at least 4 members (excludes halogenated alkanes) is 2. The minimum atomic E-state index is -0.904. The molecule has 1 atom stereocenters. The number of aliphatic hydroxyl groups is 1. The summed E-state index contributed by atoms with van der Waals surface area (Å²) in [6, 6.07) is 4.04. The van der Waals surface area contributed by atoms with E-state index >= 15 is 0 Å². The third-order valence-electron chi connectivity index (χ3n) is 3.62. The Morgan fingerprint density at radius 1 is 1.10 bits per heavy atom. The topological polar surface area (TPSA) is 126 Å². The number of hydrogen-bond donors (Lipinski definition) is 4. The summed E-state index contributed by atoms with van der Waals surface area (Å²) >= 11 is 0. The first kappa shape index (κ1) is 24.5. The maximum atomic E-state index is 11.5. The summed E-state index contributed by atoms with van der Waals surface area (Å²) < 4.78 is 15.1. The quantitative estimate of drug-likeness (QED) is 0.247. The molecule has 1 rings (SSSR count). The van der Waals surface area contributed by atoms with E-state index in [9.17, 15) is 19.8 Å². The van der Waals surface area contributed by atoms with Crippen LogP contribution in [0.25, 0.3) is 0 Å². The normalized spacial score (nSPS) is 12.2. The molecule has 29 heavy (non-hydrogen) atoms. The van der Waals surface area contributed by atoms with Gasteiger partial charge in [-0.2, -0.15) is 0 Å². The van der Waals surface area contributed by atoms with Gasteiger partial charge in [-0.05, 0) is 52.3 Å². The summed E-state index contributed by atoms with van der Waals surface area (Å²) in [6.07, 6.45) is 1.15. The van der Waals surface area contributed by atoms with Crippen molar-refractivity contribution in [3.05, 3.63) is 23.8 Å². The number of ether oxygens (including phenoxy) is 3. The number of phenolic OH excluding ortho intramolecular Hbond substituents is 1. The molecule has 1 unspecified atom stereocenters. The number of nitrogens with one attached hydrogen (secondary N) is 2. The summed E-state index contributed by atoms with van der Waals surface area (Å²) in [5.41, 5.74) is -0.351. The number of carbonyl (C=O) groups is 2. The molecule has 0 saturated carbocycles. The van der Waals surface area contributed by atoms with Crippen molar-refractivity contribution >= 4 is 12.1 Å². The third-order valence-corrected chi connectivity index (χ3v) is 3.62. The standard InChI is InChI=1S/C20H32N2O7/c1-20(2,3)29-19(26)22-9-7-5-6-8-21-17(24)13-28-16-11-14(18(25)27-4)10-15(23)12-16/h10-12,17,21,23-24H,5-9,13H2,1-4H3,(H,22,26). The lowest BCUT2D eigenvalue weighted by atomic mass is 10.2. The van der Waals surface area contributed by atoms with Crippen molar-refractivity contribution in [3.63, 3.8) is 0 Å². The molecule has 0 bridgehead atoms. The molecule has 0 spiro atoms. The van der Waals surface area contributed by atoms with Crippen molar-refractivity contribution in [2.45, 2.75) is 51.9 Å².